The second-order valence-electron chi connectivity index (χ2n) is 4.61. The monoisotopic (exact) mass is 283 g/mol. The predicted molar refractivity (Wildman–Crippen MR) is 67.0 cm³/mol. The summed E-state index contributed by atoms with van der Waals surface area (Å²) in [7, 11) is 0. The number of benzene rings is 1. The summed E-state index contributed by atoms with van der Waals surface area (Å²) in [5.74, 6) is -1.71. The van der Waals surface area contributed by atoms with Gasteiger partial charge in [0.05, 0.1) is 11.0 Å². The molecule has 1 aliphatic heterocycles. The van der Waals surface area contributed by atoms with Crippen molar-refractivity contribution in [2.24, 2.45) is 0 Å². The lowest BCUT2D eigenvalue weighted by atomic mass is 10.1. The van der Waals surface area contributed by atoms with Crippen molar-refractivity contribution >= 4 is 11.7 Å². The highest BCUT2D eigenvalue weighted by Crippen LogP contribution is 2.22. The Morgan fingerprint density at radius 3 is 2.95 bits per heavy atom. The normalized spacial score (nSPS) is 18.0. The Morgan fingerprint density at radius 1 is 1.60 bits per heavy atom. The average molecular weight is 283 g/mol. The summed E-state index contributed by atoms with van der Waals surface area (Å²) in [6.07, 6.45) is 1.50. The van der Waals surface area contributed by atoms with Crippen LogP contribution in [0.4, 0.5) is 10.1 Å². The number of hydrogen-bond acceptors (Lipinski definition) is 5. The fraction of sp³-hybridized carbons (Fsp3) is 0.462. The molecule has 0 radical (unpaired) electrons. The molecule has 0 saturated carbocycles. The number of nitro benzene ring substituents is 1. The van der Waals surface area contributed by atoms with Crippen LogP contribution in [-0.2, 0) is 9.47 Å². The summed E-state index contributed by atoms with van der Waals surface area (Å²) in [5.41, 5.74) is -0.731. The second-order valence-corrected chi connectivity index (χ2v) is 4.61. The first-order valence-corrected chi connectivity index (χ1v) is 6.22. The first-order valence-electron chi connectivity index (χ1n) is 6.22. The summed E-state index contributed by atoms with van der Waals surface area (Å²) in [6.45, 7) is 2.01. The van der Waals surface area contributed by atoms with E-state index >= 15 is 0 Å². The van der Waals surface area contributed by atoms with Crippen LogP contribution in [0, 0.1) is 22.9 Å². The van der Waals surface area contributed by atoms with Gasteiger partial charge in [-0.25, -0.2) is 9.18 Å². The van der Waals surface area contributed by atoms with E-state index in [-0.39, 0.29) is 24.0 Å². The van der Waals surface area contributed by atoms with Gasteiger partial charge in [0.25, 0.3) is 5.69 Å². The van der Waals surface area contributed by atoms with Gasteiger partial charge < -0.3 is 9.47 Å². The third-order valence-corrected chi connectivity index (χ3v) is 3.09. The molecule has 1 fully saturated rings. The molecule has 7 heteroatoms. The van der Waals surface area contributed by atoms with E-state index in [9.17, 15) is 19.3 Å². The van der Waals surface area contributed by atoms with Gasteiger partial charge >= 0.3 is 5.97 Å². The molecule has 1 aromatic rings. The van der Waals surface area contributed by atoms with Crippen molar-refractivity contribution in [3.63, 3.8) is 0 Å². The standard InChI is InChI=1S/C13H14FNO5/c1-8-5-9(15(17)18)6-11(12(8)14)13(16)20-7-10-3-2-4-19-10/h5-6,10H,2-4,7H2,1H3. The Balaban J connectivity index is 2.13. The molecule has 1 atom stereocenters. The molecule has 0 bridgehead atoms. The molecule has 0 N–H and O–H groups in total. The number of carbonyl (C=O) groups is 1. The first kappa shape index (κ1) is 14.4. The molecule has 0 aliphatic carbocycles. The molecular formula is C13H14FNO5. The number of non-ortho nitro benzene ring substituents is 1. The quantitative estimate of drug-likeness (QED) is 0.481. The van der Waals surface area contributed by atoms with Crippen molar-refractivity contribution in [3.8, 4) is 0 Å². The minimum Gasteiger partial charge on any atom is -0.459 e. The molecule has 1 aliphatic rings. The number of esters is 1. The lowest BCUT2D eigenvalue weighted by Gasteiger charge is -2.11. The van der Waals surface area contributed by atoms with E-state index in [2.05, 4.69) is 0 Å². The van der Waals surface area contributed by atoms with Gasteiger partial charge in [0, 0.05) is 18.7 Å². The molecule has 108 valence electrons. The van der Waals surface area contributed by atoms with Crippen LogP contribution in [0.2, 0.25) is 0 Å². The molecule has 0 amide bonds. The summed E-state index contributed by atoms with van der Waals surface area (Å²) in [4.78, 5) is 21.8. The van der Waals surface area contributed by atoms with Crippen molar-refractivity contribution in [2.75, 3.05) is 13.2 Å². The molecule has 6 nitrogen and oxygen atoms in total. The number of ether oxygens (including phenoxy) is 2. The van der Waals surface area contributed by atoms with Crippen LogP contribution in [0.3, 0.4) is 0 Å². The molecule has 2 rings (SSSR count). The van der Waals surface area contributed by atoms with Crippen LogP contribution in [0.5, 0.6) is 0 Å². The smallest absolute Gasteiger partial charge is 0.341 e. The third-order valence-electron chi connectivity index (χ3n) is 3.09. The molecule has 0 aromatic heterocycles. The predicted octanol–water partition coefficient (Wildman–Crippen LogP) is 2.38. The van der Waals surface area contributed by atoms with Crippen LogP contribution in [-0.4, -0.2) is 30.2 Å². The van der Waals surface area contributed by atoms with Crippen LogP contribution in [0.25, 0.3) is 0 Å². The van der Waals surface area contributed by atoms with Gasteiger partial charge in [-0.15, -0.1) is 0 Å². The SMILES string of the molecule is Cc1cc([N+](=O)[O-])cc(C(=O)OCC2CCCO2)c1F. The van der Waals surface area contributed by atoms with Gasteiger partial charge in [0.1, 0.15) is 18.0 Å². The number of rotatable bonds is 4. The number of carbonyl (C=O) groups excluding carboxylic acids is 1. The van der Waals surface area contributed by atoms with Gasteiger partial charge in [0.2, 0.25) is 0 Å². The Labute approximate surface area is 114 Å². The van der Waals surface area contributed by atoms with E-state index in [4.69, 9.17) is 9.47 Å². The van der Waals surface area contributed by atoms with E-state index in [1.165, 1.54) is 6.92 Å². The minimum atomic E-state index is -0.912. The second kappa shape index (κ2) is 5.96. The number of nitrogens with zero attached hydrogens (tertiary/aromatic N) is 1. The molecule has 1 aromatic carbocycles. The van der Waals surface area contributed by atoms with E-state index in [0.717, 1.165) is 25.0 Å². The van der Waals surface area contributed by atoms with Crippen molar-refractivity contribution in [2.45, 2.75) is 25.9 Å². The summed E-state index contributed by atoms with van der Waals surface area (Å²) in [5, 5.41) is 10.7. The Bertz CT molecular complexity index is 540. The first-order chi connectivity index (χ1) is 9.49. The van der Waals surface area contributed by atoms with Gasteiger partial charge in [0.15, 0.2) is 0 Å². The fourth-order valence-corrected chi connectivity index (χ4v) is 2.03. The number of nitro groups is 1. The van der Waals surface area contributed by atoms with E-state index in [0.29, 0.717) is 6.61 Å². The molecule has 1 unspecified atom stereocenters. The number of aryl methyl sites for hydroxylation is 1. The van der Waals surface area contributed by atoms with Crippen molar-refractivity contribution in [3.05, 3.63) is 39.2 Å². The summed E-state index contributed by atoms with van der Waals surface area (Å²) >= 11 is 0. The van der Waals surface area contributed by atoms with Gasteiger partial charge in [-0.3, -0.25) is 10.1 Å². The van der Waals surface area contributed by atoms with Crippen LogP contribution >= 0.6 is 0 Å². The van der Waals surface area contributed by atoms with Crippen LogP contribution in [0.1, 0.15) is 28.8 Å². The van der Waals surface area contributed by atoms with Crippen LogP contribution in [0.15, 0.2) is 12.1 Å². The summed E-state index contributed by atoms with van der Waals surface area (Å²) < 4.78 is 24.1. The Hall–Kier alpha value is -2.02. The molecule has 1 heterocycles. The molecule has 20 heavy (non-hydrogen) atoms. The van der Waals surface area contributed by atoms with Crippen LogP contribution < -0.4 is 0 Å². The van der Waals surface area contributed by atoms with Crippen molar-refractivity contribution in [1.29, 1.82) is 0 Å². The van der Waals surface area contributed by atoms with Gasteiger partial charge in [-0.1, -0.05) is 0 Å². The van der Waals surface area contributed by atoms with E-state index in [1.807, 2.05) is 0 Å². The van der Waals surface area contributed by atoms with Crippen molar-refractivity contribution < 1.29 is 23.6 Å². The zero-order valence-corrected chi connectivity index (χ0v) is 10.9. The molecular weight excluding hydrogens is 269 g/mol. The Morgan fingerprint density at radius 2 is 2.35 bits per heavy atom. The number of hydrogen-bond donors (Lipinski definition) is 0. The maximum Gasteiger partial charge on any atom is 0.341 e. The minimum absolute atomic E-state index is 0.0278. The largest absolute Gasteiger partial charge is 0.459 e. The lowest BCUT2D eigenvalue weighted by Crippen LogP contribution is -2.19. The topological polar surface area (TPSA) is 78.7 Å². The maximum absolute atomic E-state index is 13.8. The van der Waals surface area contributed by atoms with Gasteiger partial charge in [-0.05, 0) is 25.3 Å². The maximum atomic E-state index is 13.8. The number of halogens is 1. The van der Waals surface area contributed by atoms with E-state index in [1.54, 1.807) is 0 Å². The zero-order valence-electron chi connectivity index (χ0n) is 10.9. The highest BCUT2D eigenvalue weighted by Gasteiger charge is 2.23. The average Bonchev–Trinajstić information content (AvgIpc) is 2.92. The molecule has 1 saturated heterocycles. The van der Waals surface area contributed by atoms with Gasteiger partial charge in [-0.2, -0.15) is 0 Å². The van der Waals surface area contributed by atoms with Crippen molar-refractivity contribution in [1.82, 2.24) is 0 Å². The molecule has 0 spiro atoms. The highest BCUT2D eigenvalue weighted by atomic mass is 19.1. The highest BCUT2D eigenvalue weighted by molar-refractivity contribution is 5.90. The summed E-state index contributed by atoms with van der Waals surface area (Å²) in [6, 6.07) is 1.96. The fourth-order valence-electron chi connectivity index (χ4n) is 2.03. The van der Waals surface area contributed by atoms with E-state index < -0.39 is 22.3 Å². The zero-order chi connectivity index (χ0) is 14.7. The lowest BCUT2D eigenvalue weighted by molar-refractivity contribution is -0.385. The third kappa shape index (κ3) is 3.11. The Kier molecular flexibility index (Phi) is 4.29.